The number of hydrogen-bond donors (Lipinski definition) is 2. The van der Waals surface area contributed by atoms with Crippen LogP contribution in [0.15, 0.2) is 23.8 Å². The molecule has 0 heterocycles. The van der Waals surface area contributed by atoms with Crippen LogP contribution in [0.3, 0.4) is 0 Å². The Kier molecular flexibility index (Phi) is 3.91. The van der Waals surface area contributed by atoms with Gasteiger partial charge in [0.1, 0.15) is 0 Å². The molecule has 2 N–H and O–H groups in total. The molecule has 0 rings (SSSR count). The smallest absolute Gasteiger partial charge is 0.322 e. The fourth-order valence-electron chi connectivity index (χ4n) is 0.982. The fraction of sp³-hybridized carbons (Fsp3) is 0.333. The van der Waals surface area contributed by atoms with Crippen molar-refractivity contribution < 1.29 is 19.8 Å². The summed E-state index contributed by atoms with van der Waals surface area (Å²) in [5, 5.41) is 17.3. The highest BCUT2D eigenvalue weighted by molar-refractivity contribution is 5.97. The molecule has 0 bridgehead atoms. The lowest BCUT2D eigenvalue weighted by molar-refractivity contribution is -0.152. The molecule has 0 aliphatic carbocycles. The summed E-state index contributed by atoms with van der Waals surface area (Å²) < 4.78 is 0. The van der Waals surface area contributed by atoms with Crippen LogP contribution in [0.5, 0.6) is 0 Å². The number of carboxylic acids is 2. The van der Waals surface area contributed by atoms with Crippen molar-refractivity contribution in [1.29, 1.82) is 0 Å². The molecule has 0 aromatic carbocycles. The van der Waals surface area contributed by atoms with Crippen molar-refractivity contribution in [1.82, 2.24) is 0 Å². The van der Waals surface area contributed by atoms with Crippen LogP contribution in [0.4, 0.5) is 0 Å². The van der Waals surface area contributed by atoms with Gasteiger partial charge in [0.15, 0.2) is 5.92 Å². The summed E-state index contributed by atoms with van der Waals surface area (Å²) in [6.45, 7) is 6.68. The topological polar surface area (TPSA) is 74.6 Å². The van der Waals surface area contributed by atoms with Crippen molar-refractivity contribution in [2.45, 2.75) is 13.8 Å². The van der Waals surface area contributed by atoms with Gasteiger partial charge in [-0.15, -0.1) is 0 Å². The SMILES string of the molecule is C=CC(=C(C)C)C(C(=O)O)C(=O)O. The van der Waals surface area contributed by atoms with Crippen LogP contribution in [-0.4, -0.2) is 22.2 Å². The second kappa shape index (κ2) is 4.45. The fourth-order valence-corrected chi connectivity index (χ4v) is 0.982. The van der Waals surface area contributed by atoms with Gasteiger partial charge in [0.25, 0.3) is 0 Å². The highest BCUT2D eigenvalue weighted by Gasteiger charge is 2.28. The van der Waals surface area contributed by atoms with E-state index in [2.05, 4.69) is 6.58 Å². The molecular formula is C9H12O4. The monoisotopic (exact) mass is 184 g/mol. The molecule has 0 aliphatic rings. The summed E-state index contributed by atoms with van der Waals surface area (Å²) in [5.74, 6) is -4.25. The van der Waals surface area contributed by atoms with Crippen molar-refractivity contribution in [2.75, 3.05) is 0 Å². The Morgan fingerprint density at radius 2 is 1.62 bits per heavy atom. The van der Waals surface area contributed by atoms with Gasteiger partial charge in [-0.05, 0) is 19.4 Å². The van der Waals surface area contributed by atoms with Gasteiger partial charge >= 0.3 is 11.9 Å². The maximum absolute atomic E-state index is 10.6. The van der Waals surface area contributed by atoms with Crippen LogP contribution in [0.1, 0.15) is 13.8 Å². The molecule has 0 atom stereocenters. The number of hydrogen-bond acceptors (Lipinski definition) is 2. The van der Waals surface area contributed by atoms with Crippen LogP contribution in [-0.2, 0) is 9.59 Å². The lowest BCUT2D eigenvalue weighted by Gasteiger charge is -2.10. The minimum absolute atomic E-state index is 0.236. The standard InChI is InChI=1S/C9H12O4/c1-4-6(5(2)3)7(8(10)11)9(12)13/h4,7H,1H2,2-3H3,(H,10,11)(H,12,13). The van der Waals surface area contributed by atoms with Crippen molar-refractivity contribution in [2.24, 2.45) is 5.92 Å². The molecule has 0 radical (unpaired) electrons. The Balaban J connectivity index is 5.17. The van der Waals surface area contributed by atoms with E-state index in [0.29, 0.717) is 5.57 Å². The maximum Gasteiger partial charge on any atom is 0.322 e. The third-order valence-electron chi connectivity index (χ3n) is 1.60. The Labute approximate surface area is 76.2 Å². The predicted molar refractivity (Wildman–Crippen MR) is 47.3 cm³/mol. The molecular weight excluding hydrogens is 172 g/mol. The third kappa shape index (κ3) is 2.74. The van der Waals surface area contributed by atoms with Crippen molar-refractivity contribution in [3.05, 3.63) is 23.8 Å². The van der Waals surface area contributed by atoms with E-state index in [-0.39, 0.29) is 5.57 Å². The first kappa shape index (κ1) is 11.4. The summed E-state index contributed by atoms with van der Waals surface area (Å²) in [7, 11) is 0. The summed E-state index contributed by atoms with van der Waals surface area (Å²) >= 11 is 0. The number of rotatable bonds is 4. The summed E-state index contributed by atoms with van der Waals surface area (Å²) in [5.41, 5.74) is 0.879. The van der Waals surface area contributed by atoms with Gasteiger partial charge in [-0.2, -0.15) is 0 Å². The largest absolute Gasteiger partial charge is 0.480 e. The number of carboxylic acid groups (broad SMARTS) is 2. The Morgan fingerprint density at radius 3 is 1.69 bits per heavy atom. The summed E-state index contributed by atoms with van der Waals surface area (Å²) in [6.07, 6.45) is 1.27. The van der Waals surface area contributed by atoms with Gasteiger partial charge in [0, 0.05) is 0 Å². The minimum atomic E-state index is -1.51. The van der Waals surface area contributed by atoms with Crippen LogP contribution in [0.2, 0.25) is 0 Å². The van der Waals surface area contributed by atoms with Crippen LogP contribution >= 0.6 is 0 Å². The molecule has 0 aromatic heterocycles. The molecule has 0 saturated heterocycles. The van der Waals surface area contributed by atoms with E-state index in [1.54, 1.807) is 13.8 Å². The zero-order valence-corrected chi connectivity index (χ0v) is 7.57. The maximum atomic E-state index is 10.6. The highest BCUT2D eigenvalue weighted by atomic mass is 16.4. The van der Waals surface area contributed by atoms with Crippen LogP contribution < -0.4 is 0 Å². The van der Waals surface area contributed by atoms with E-state index in [9.17, 15) is 9.59 Å². The second-order valence-corrected chi connectivity index (χ2v) is 2.77. The Morgan fingerprint density at radius 1 is 1.23 bits per heavy atom. The van der Waals surface area contributed by atoms with Crippen molar-refractivity contribution >= 4 is 11.9 Å². The first-order chi connectivity index (χ1) is 5.91. The van der Waals surface area contributed by atoms with Crippen molar-refractivity contribution in [3.8, 4) is 0 Å². The zero-order valence-electron chi connectivity index (χ0n) is 7.57. The predicted octanol–water partition coefficient (Wildman–Crippen LogP) is 1.29. The molecule has 4 nitrogen and oxygen atoms in total. The first-order valence-electron chi connectivity index (χ1n) is 3.67. The van der Waals surface area contributed by atoms with Gasteiger partial charge in [0.05, 0.1) is 0 Å². The van der Waals surface area contributed by atoms with Gasteiger partial charge in [0.2, 0.25) is 0 Å². The van der Waals surface area contributed by atoms with E-state index in [0.717, 1.165) is 0 Å². The molecule has 4 heteroatoms. The molecule has 13 heavy (non-hydrogen) atoms. The number of aliphatic carboxylic acids is 2. The molecule has 0 amide bonds. The third-order valence-corrected chi connectivity index (χ3v) is 1.60. The summed E-state index contributed by atoms with van der Waals surface area (Å²) in [4.78, 5) is 21.2. The average Bonchev–Trinajstić information content (AvgIpc) is 1.97. The second-order valence-electron chi connectivity index (χ2n) is 2.77. The van der Waals surface area contributed by atoms with Gasteiger partial charge in [-0.3, -0.25) is 9.59 Å². The van der Waals surface area contributed by atoms with Crippen molar-refractivity contribution in [3.63, 3.8) is 0 Å². The summed E-state index contributed by atoms with van der Waals surface area (Å²) in [6, 6.07) is 0. The molecule has 0 fully saturated rings. The highest BCUT2D eigenvalue weighted by Crippen LogP contribution is 2.17. The molecule has 0 spiro atoms. The van der Waals surface area contributed by atoms with E-state index < -0.39 is 17.9 Å². The van der Waals surface area contributed by atoms with E-state index in [1.165, 1.54) is 6.08 Å². The van der Waals surface area contributed by atoms with Gasteiger partial charge in [-0.25, -0.2) is 0 Å². The zero-order chi connectivity index (χ0) is 10.6. The van der Waals surface area contributed by atoms with Gasteiger partial charge < -0.3 is 10.2 Å². The Bertz CT molecular complexity index is 257. The number of carbonyl (C=O) groups is 2. The van der Waals surface area contributed by atoms with Crippen LogP contribution in [0.25, 0.3) is 0 Å². The normalized spacial score (nSPS) is 9.46. The molecule has 0 saturated carbocycles. The molecule has 0 unspecified atom stereocenters. The Hall–Kier alpha value is -1.58. The van der Waals surface area contributed by atoms with E-state index in [4.69, 9.17) is 10.2 Å². The van der Waals surface area contributed by atoms with Crippen LogP contribution in [0, 0.1) is 5.92 Å². The molecule has 0 aromatic rings. The molecule has 72 valence electrons. The van der Waals surface area contributed by atoms with E-state index in [1.807, 2.05) is 0 Å². The van der Waals surface area contributed by atoms with E-state index >= 15 is 0 Å². The quantitative estimate of drug-likeness (QED) is 0.510. The minimum Gasteiger partial charge on any atom is -0.480 e. The average molecular weight is 184 g/mol. The van der Waals surface area contributed by atoms with Gasteiger partial charge in [-0.1, -0.05) is 18.2 Å². The lowest BCUT2D eigenvalue weighted by Crippen LogP contribution is -2.25. The lowest BCUT2D eigenvalue weighted by atomic mass is 9.95. The molecule has 0 aliphatic heterocycles. The number of allylic oxidation sites excluding steroid dienone is 2. The first-order valence-corrected chi connectivity index (χ1v) is 3.67.